The summed E-state index contributed by atoms with van der Waals surface area (Å²) in [4.78, 5) is 15.6. The number of morpholine rings is 1. The number of para-hydroxylation sites is 1. The smallest absolute Gasteiger partial charge is 0.254 e. The van der Waals surface area contributed by atoms with E-state index in [1.54, 1.807) is 14.2 Å². The first-order chi connectivity index (χ1) is 15.7. The largest absolute Gasteiger partial charge is 0.493 e. The molecule has 1 amide bonds. The lowest BCUT2D eigenvalue weighted by molar-refractivity contribution is -0.0866. The number of nitrogens with zero attached hydrogens (tertiary/aromatic N) is 1. The Kier molecular flexibility index (Phi) is 5.49. The van der Waals surface area contributed by atoms with Crippen LogP contribution >= 0.6 is 0 Å². The van der Waals surface area contributed by atoms with Crippen molar-refractivity contribution < 1.29 is 19.0 Å². The molecule has 0 saturated carbocycles. The van der Waals surface area contributed by atoms with Gasteiger partial charge >= 0.3 is 0 Å². The minimum atomic E-state index is -0.252. The maximum absolute atomic E-state index is 13.6. The molecule has 5 rings (SSSR count). The Balaban J connectivity index is 1.57. The van der Waals surface area contributed by atoms with Gasteiger partial charge in [0.1, 0.15) is 0 Å². The number of fused-ring (bicyclic) bond motifs is 1. The van der Waals surface area contributed by atoms with Crippen molar-refractivity contribution in [2.75, 3.05) is 47.0 Å². The normalized spacial score (nSPS) is 20.6. The van der Waals surface area contributed by atoms with E-state index in [-0.39, 0.29) is 11.5 Å². The van der Waals surface area contributed by atoms with Gasteiger partial charge in [-0.15, -0.1) is 0 Å². The van der Waals surface area contributed by atoms with Crippen molar-refractivity contribution in [1.29, 1.82) is 0 Å². The maximum atomic E-state index is 13.6. The number of carbonyl (C=O) groups excluding carboxylic acids is 1. The number of amides is 1. The van der Waals surface area contributed by atoms with Crippen LogP contribution in [0.3, 0.4) is 0 Å². The van der Waals surface area contributed by atoms with Gasteiger partial charge in [-0.2, -0.15) is 0 Å². The molecule has 1 spiro atoms. The minimum absolute atomic E-state index is 0.0555. The van der Waals surface area contributed by atoms with Crippen LogP contribution in [-0.2, 0) is 4.74 Å². The van der Waals surface area contributed by atoms with Crippen molar-refractivity contribution in [3.8, 4) is 22.6 Å². The lowest BCUT2D eigenvalue weighted by Crippen LogP contribution is -2.54. The SMILES string of the molecule is COc1cccc(-c2ccc(C(=O)N3CCOC4(CCNC4)C3)c3ccccc23)c1OC. The van der Waals surface area contributed by atoms with Gasteiger partial charge in [0.15, 0.2) is 11.5 Å². The van der Waals surface area contributed by atoms with Gasteiger partial charge < -0.3 is 24.4 Å². The molecule has 2 heterocycles. The average Bonchev–Trinajstić information content (AvgIpc) is 3.29. The van der Waals surface area contributed by atoms with Crippen LogP contribution in [0, 0.1) is 0 Å². The molecule has 32 heavy (non-hydrogen) atoms. The van der Waals surface area contributed by atoms with Gasteiger partial charge in [0, 0.05) is 24.2 Å². The molecule has 2 aliphatic heterocycles. The molecular weight excluding hydrogens is 404 g/mol. The summed E-state index contributed by atoms with van der Waals surface area (Å²) in [5.74, 6) is 1.42. The van der Waals surface area contributed by atoms with E-state index in [1.807, 2.05) is 53.4 Å². The van der Waals surface area contributed by atoms with Crippen LogP contribution in [0.4, 0.5) is 0 Å². The number of ether oxygens (including phenoxy) is 3. The maximum Gasteiger partial charge on any atom is 0.254 e. The molecule has 166 valence electrons. The second-order valence-corrected chi connectivity index (χ2v) is 8.43. The van der Waals surface area contributed by atoms with Gasteiger partial charge in [-0.1, -0.05) is 42.5 Å². The Labute approximate surface area is 188 Å². The topological polar surface area (TPSA) is 60.0 Å². The fourth-order valence-electron chi connectivity index (χ4n) is 4.99. The summed E-state index contributed by atoms with van der Waals surface area (Å²) in [5.41, 5.74) is 2.41. The summed E-state index contributed by atoms with van der Waals surface area (Å²) in [6.07, 6.45) is 0.937. The van der Waals surface area contributed by atoms with Gasteiger partial charge in [0.25, 0.3) is 5.91 Å². The molecule has 2 saturated heterocycles. The third kappa shape index (κ3) is 3.49. The molecule has 3 aromatic carbocycles. The Bertz CT molecular complexity index is 1150. The molecule has 2 fully saturated rings. The van der Waals surface area contributed by atoms with E-state index in [0.29, 0.717) is 36.8 Å². The van der Waals surface area contributed by atoms with Crippen LogP contribution in [0.15, 0.2) is 54.6 Å². The average molecular weight is 433 g/mol. The highest BCUT2D eigenvalue weighted by Gasteiger charge is 2.41. The first-order valence-corrected chi connectivity index (χ1v) is 11.0. The number of hydrogen-bond donors (Lipinski definition) is 1. The van der Waals surface area contributed by atoms with Crippen LogP contribution in [0.1, 0.15) is 16.8 Å². The highest BCUT2D eigenvalue weighted by atomic mass is 16.5. The zero-order valence-corrected chi connectivity index (χ0v) is 18.5. The van der Waals surface area contributed by atoms with Gasteiger partial charge in [-0.05, 0) is 41.4 Å². The first kappa shape index (κ1) is 20.8. The van der Waals surface area contributed by atoms with Gasteiger partial charge in [0.2, 0.25) is 0 Å². The molecule has 1 unspecified atom stereocenters. The number of methoxy groups -OCH3 is 2. The van der Waals surface area contributed by atoms with Crippen LogP contribution in [0.25, 0.3) is 21.9 Å². The molecule has 6 nitrogen and oxygen atoms in total. The molecular formula is C26H28N2O4. The fourth-order valence-corrected chi connectivity index (χ4v) is 4.99. The number of nitrogens with one attached hydrogen (secondary N) is 1. The van der Waals surface area contributed by atoms with E-state index in [2.05, 4.69) is 11.4 Å². The van der Waals surface area contributed by atoms with Gasteiger partial charge in [-0.3, -0.25) is 4.79 Å². The van der Waals surface area contributed by atoms with Gasteiger partial charge in [-0.25, -0.2) is 0 Å². The monoisotopic (exact) mass is 432 g/mol. The van der Waals surface area contributed by atoms with Crippen LogP contribution in [0.2, 0.25) is 0 Å². The zero-order valence-electron chi connectivity index (χ0n) is 18.5. The number of hydrogen-bond acceptors (Lipinski definition) is 5. The lowest BCUT2D eigenvalue weighted by Gasteiger charge is -2.40. The van der Waals surface area contributed by atoms with E-state index in [0.717, 1.165) is 41.4 Å². The molecule has 1 N–H and O–H groups in total. The van der Waals surface area contributed by atoms with Crippen molar-refractivity contribution in [3.05, 3.63) is 60.2 Å². The van der Waals surface area contributed by atoms with E-state index >= 15 is 0 Å². The zero-order chi connectivity index (χ0) is 22.1. The van der Waals surface area contributed by atoms with Crippen LogP contribution in [0.5, 0.6) is 11.5 Å². The Hall–Kier alpha value is -3.09. The fraction of sp³-hybridized carbons (Fsp3) is 0.346. The molecule has 0 bridgehead atoms. The summed E-state index contributed by atoms with van der Waals surface area (Å²) in [5, 5.41) is 5.32. The molecule has 2 aliphatic rings. The van der Waals surface area contributed by atoms with Crippen LogP contribution < -0.4 is 14.8 Å². The van der Waals surface area contributed by atoms with E-state index < -0.39 is 0 Å². The van der Waals surface area contributed by atoms with E-state index in [4.69, 9.17) is 14.2 Å². The van der Waals surface area contributed by atoms with Gasteiger partial charge in [0.05, 0.1) is 33.0 Å². The predicted octanol–water partition coefficient (Wildman–Crippen LogP) is 3.73. The highest BCUT2D eigenvalue weighted by Crippen LogP contribution is 2.41. The van der Waals surface area contributed by atoms with Crippen molar-refractivity contribution in [2.24, 2.45) is 0 Å². The standard InChI is InChI=1S/C26H28N2O4/c1-30-23-9-5-8-21(24(23)31-2)20-10-11-22(19-7-4-3-6-18(19)20)25(29)28-14-15-32-26(17-28)12-13-27-16-26/h3-11,27H,12-17H2,1-2H3. The number of benzene rings is 3. The molecule has 6 heteroatoms. The summed E-state index contributed by atoms with van der Waals surface area (Å²) < 4.78 is 17.2. The predicted molar refractivity (Wildman–Crippen MR) is 125 cm³/mol. The summed E-state index contributed by atoms with van der Waals surface area (Å²) in [6, 6.07) is 17.9. The second kappa shape index (κ2) is 8.45. The highest BCUT2D eigenvalue weighted by molar-refractivity contribution is 6.11. The third-order valence-corrected chi connectivity index (χ3v) is 6.59. The first-order valence-electron chi connectivity index (χ1n) is 11.0. The Morgan fingerprint density at radius 1 is 1.00 bits per heavy atom. The number of rotatable bonds is 4. The molecule has 1 atom stereocenters. The van der Waals surface area contributed by atoms with E-state index in [1.165, 1.54) is 0 Å². The van der Waals surface area contributed by atoms with Crippen molar-refractivity contribution in [3.63, 3.8) is 0 Å². The molecule has 3 aromatic rings. The summed E-state index contributed by atoms with van der Waals surface area (Å²) in [6.45, 7) is 3.54. The minimum Gasteiger partial charge on any atom is -0.493 e. The Morgan fingerprint density at radius 3 is 2.59 bits per heavy atom. The lowest BCUT2D eigenvalue weighted by atomic mass is 9.93. The summed E-state index contributed by atoms with van der Waals surface area (Å²) >= 11 is 0. The Morgan fingerprint density at radius 2 is 1.84 bits per heavy atom. The van der Waals surface area contributed by atoms with Crippen molar-refractivity contribution in [2.45, 2.75) is 12.0 Å². The van der Waals surface area contributed by atoms with E-state index in [9.17, 15) is 4.79 Å². The van der Waals surface area contributed by atoms with Crippen molar-refractivity contribution >= 4 is 16.7 Å². The van der Waals surface area contributed by atoms with Crippen molar-refractivity contribution in [1.82, 2.24) is 10.2 Å². The summed E-state index contributed by atoms with van der Waals surface area (Å²) in [7, 11) is 3.28. The number of carbonyl (C=O) groups is 1. The quantitative estimate of drug-likeness (QED) is 0.681. The second-order valence-electron chi connectivity index (χ2n) is 8.43. The molecule has 0 radical (unpaired) electrons. The molecule has 0 aromatic heterocycles. The van der Waals surface area contributed by atoms with Crippen LogP contribution in [-0.4, -0.2) is 63.4 Å². The molecule has 0 aliphatic carbocycles. The third-order valence-electron chi connectivity index (χ3n) is 6.59.